The summed E-state index contributed by atoms with van der Waals surface area (Å²) in [4.78, 5) is 4.47. The van der Waals surface area contributed by atoms with Gasteiger partial charge in [-0.3, -0.25) is 0 Å². The number of benzene rings is 1. The molecule has 3 nitrogen and oxygen atoms in total. The lowest BCUT2D eigenvalue weighted by molar-refractivity contribution is 0.759. The summed E-state index contributed by atoms with van der Waals surface area (Å²) in [7, 11) is 0. The molecule has 2 rings (SSSR count). The predicted octanol–water partition coefficient (Wildman–Crippen LogP) is 3.39. The summed E-state index contributed by atoms with van der Waals surface area (Å²) in [6.07, 6.45) is 3.42. The van der Waals surface area contributed by atoms with Gasteiger partial charge >= 0.3 is 0 Å². The van der Waals surface area contributed by atoms with Gasteiger partial charge in [0.15, 0.2) is 5.96 Å². The number of rotatable bonds is 4. The molecule has 100 valence electrons. The first-order chi connectivity index (χ1) is 8.22. The molecule has 2 atom stereocenters. The van der Waals surface area contributed by atoms with E-state index in [1.54, 1.807) is 0 Å². The SMILES string of the molecule is CCc1cccc(NC(N)=N[C@@H]2C[C@H]2CC)c1.I. The van der Waals surface area contributed by atoms with Crippen molar-refractivity contribution in [1.29, 1.82) is 0 Å². The number of nitrogens with two attached hydrogens (primary N) is 1. The Labute approximate surface area is 126 Å². The topological polar surface area (TPSA) is 50.4 Å². The summed E-state index contributed by atoms with van der Waals surface area (Å²) in [5.74, 6) is 1.29. The Bertz CT molecular complexity index is 417. The van der Waals surface area contributed by atoms with E-state index in [-0.39, 0.29) is 24.0 Å². The van der Waals surface area contributed by atoms with Crippen LogP contribution in [0.5, 0.6) is 0 Å². The first-order valence-electron chi connectivity index (χ1n) is 6.42. The molecule has 1 fully saturated rings. The Morgan fingerprint density at radius 1 is 1.44 bits per heavy atom. The number of hydrogen-bond acceptors (Lipinski definition) is 1. The van der Waals surface area contributed by atoms with E-state index in [9.17, 15) is 0 Å². The second kappa shape index (κ2) is 6.97. The molecule has 0 bridgehead atoms. The van der Waals surface area contributed by atoms with Crippen LogP contribution >= 0.6 is 24.0 Å². The predicted molar refractivity (Wildman–Crippen MR) is 88.7 cm³/mol. The summed E-state index contributed by atoms with van der Waals surface area (Å²) in [5, 5.41) is 3.16. The molecule has 0 unspecified atom stereocenters. The van der Waals surface area contributed by atoms with Gasteiger partial charge in [0.2, 0.25) is 0 Å². The minimum Gasteiger partial charge on any atom is -0.370 e. The van der Waals surface area contributed by atoms with E-state index >= 15 is 0 Å². The maximum absolute atomic E-state index is 5.89. The lowest BCUT2D eigenvalue weighted by Crippen LogP contribution is -2.23. The summed E-state index contributed by atoms with van der Waals surface area (Å²) in [6, 6.07) is 8.74. The van der Waals surface area contributed by atoms with Crippen molar-refractivity contribution in [2.75, 3.05) is 5.32 Å². The minimum absolute atomic E-state index is 0. The molecule has 0 saturated heterocycles. The maximum Gasteiger partial charge on any atom is 0.193 e. The number of aliphatic imine (C=N–C) groups is 1. The summed E-state index contributed by atoms with van der Waals surface area (Å²) < 4.78 is 0. The zero-order chi connectivity index (χ0) is 12.3. The average Bonchev–Trinajstić information content (AvgIpc) is 3.07. The van der Waals surface area contributed by atoms with Gasteiger partial charge < -0.3 is 11.1 Å². The fourth-order valence-electron chi connectivity index (χ4n) is 2.06. The van der Waals surface area contributed by atoms with Crippen LogP contribution in [0.1, 0.15) is 32.3 Å². The van der Waals surface area contributed by atoms with E-state index in [1.807, 2.05) is 12.1 Å². The number of halogens is 1. The van der Waals surface area contributed by atoms with Crippen molar-refractivity contribution in [1.82, 2.24) is 0 Å². The highest BCUT2D eigenvalue weighted by Crippen LogP contribution is 2.36. The van der Waals surface area contributed by atoms with E-state index < -0.39 is 0 Å². The van der Waals surface area contributed by atoms with E-state index in [1.165, 1.54) is 18.4 Å². The van der Waals surface area contributed by atoms with Crippen LogP contribution in [0.2, 0.25) is 0 Å². The maximum atomic E-state index is 5.89. The van der Waals surface area contributed by atoms with Crippen LogP contribution < -0.4 is 11.1 Å². The van der Waals surface area contributed by atoms with E-state index in [2.05, 4.69) is 36.3 Å². The van der Waals surface area contributed by atoms with Crippen molar-refractivity contribution < 1.29 is 0 Å². The fraction of sp³-hybridized carbons (Fsp3) is 0.500. The van der Waals surface area contributed by atoms with Crippen molar-refractivity contribution in [2.45, 2.75) is 39.2 Å². The molecule has 0 aliphatic heterocycles. The Hall–Kier alpha value is -0.780. The van der Waals surface area contributed by atoms with Crippen molar-refractivity contribution in [3.8, 4) is 0 Å². The lowest BCUT2D eigenvalue weighted by Gasteiger charge is -2.06. The molecular weight excluding hydrogens is 337 g/mol. The van der Waals surface area contributed by atoms with Gasteiger partial charge in [0, 0.05) is 5.69 Å². The van der Waals surface area contributed by atoms with Gasteiger partial charge in [-0.15, -0.1) is 24.0 Å². The molecule has 18 heavy (non-hydrogen) atoms. The quantitative estimate of drug-likeness (QED) is 0.492. The smallest absolute Gasteiger partial charge is 0.193 e. The number of nitrogens with one attached hydrogen (secondary N) is 1. The lowest BCUT2D eigenvalue weighted by atomic mass is 10.1. The van der Waals surface area contributed by atoms with Crippen LogP contribution in [0.3, 0.4) is 0 Å². The molecule has 1 aliphatic carbocycles. The number of anilines is 1. The molecule has 1 aromatic carbocycles. The normalized spacial score (nSPS) is 22.2. The van der Waals surface area contributed by atoms with Gasteiger partial charge in [-0.1, -0.05) is 32.4 Å². The molecule has 0 amide bonds. The zero-order valence-corrected chi connectivity index (χ0v) is 13.3. The average molecular weight is 359 g/mol. The van der Waals surface area contributed by atoms with Crippen molar-refractivity contribution >= 4 is 35.6 Å². The molecule has 0 radical (unpaired) electrons. The van der Waals surface area contributed by atoms with Crippen LogP contribution in [0.15, 0.2) is 29.3 Å². The van der Waals surface area contributed by atoms with Crippen LogP contribution in [0, 0.1) is 5.92 Å². The molecule has 0 aromatic heterocycles. The highest BCUT2D eigenvalue weighted by Gasteiger charge is 2.35. The van der Waals surface area contributed by atoms with Gasteiger partial charge in [-0.2, -0.15) is 0 Å². The van der Waals surface area contributed by atoms with E-state index in [0.29, 0.717) is 12.0 Å². The summed E-state index contributed by atoms with van der Waals surface area (Å²) in [5.41, 5.74) is 8.23. The molecular formula is C14H22IN3. The highest BCUT2D eigenvalue weighted by atomic mass is 127. The number of nitrogens with zero attached hydrogens (tertiary/aromatic N) is 1. The number of guanidine groups is 1. The monoisotopic (exact) mass is 359 g/mol. The first kappa shape index (κ1) is 15.3. The highest BCUT2D eigenvalue weighted by molar-refractivity contribution is 14.0. The van der Waals surface area contributed by atoms with Crippen LogP contribution in [-0.2, 0) is 6.42 Å². The molecule has 0 heterocycles. The van der Waals surface area contributed by atoms with Gasteiger partial charge in [-0.05, 0) is 36.5 Å². The third-order valence-corrected chi connectivity index (χ3v) is 3.32. The third-order valence-electron chi connectivity index (χ3n) is 3.32. The van der Waals surface area contributed by atoms with Crippen molar-refractivity contribution in [3.05, 3.63) is 29.8 Å². The number of aryl methyl sites for hydroxylation is 1. The third kappa shape index (κ3) is 4.15. The Morgan fingerprint density at radius 3 is 2.83 bits per heavy atom. The Kier molecular flexibility index (Phi) is 5.91. The zero-order valence-electron chi connectivity index (χ0n) is 11.0. The second-order valence-electron chi connectivity index (χ2n) is 4.66. The van der Waals surface area contributed by atoms with Crippen LogP contribution in [0.4, 0.5) is 5.69 Å². The number of hydrogen-bond donors (Lipinski definition) is 2. The van der Waals surface area contributed by atoms with Crippen molar-refractivity contribution in [2.24, 2.45) is 16.6 Å². The van der Waals surface area contributed by atoms with Gasteiger partial charge in [0.25, 0.3) is 0 Å². The van der Waals surface area contributed by atoms with Gasteiger partial charge in [-0.25, -0.2) is 4.99 Å². The standard InChI is InChI=1S/C14H21N3.HI/c1-3-10-6-5-7-12(8-10)16-14(15)17-13-9-11(13)4-2;/h5-8,11,13H,3-4,9H2,1-2H3,(H3,15,16,17);1H/t11-,13-;/m1./s1. The minimum atomic E-state index is 0. The van der Waals surface area contributed by atoms with E-state index in [0.717, 1.165) is 18.0 Å². The van der Waals surface area contributed by atoms with E-state index in [4.69, 9.17) is 5.73 Å². The molecule has 4 heteroatoms. The Balaban J connectivity index is 0.00000162. The molecule has 3 N–H and O–H groups in total. The van der Waals surface area contributed by atoms with Crippen LogP contribution in [-0.4, -0.2) is 12.0 Å². The van der Waals surface area contributed by atoms with Gasteiger partial charge in [0.1, 0.15) is 0 Å². The first-order valence-corrected chi connectivity index (χ1v) is 6.42. The van der Waals surface area contributed by atoms with Crippen LogP contribution in [0.25, 0.3) is 0 Å². The fourth-order valence-corrected chi connectivity index (χ4v) is 2.06. The summed E-state index contributed by atoms with van der Waals surface area (Å²) in [6.45, 7) is 4.35. The molecule has 1 aliphatic rings. The van der Waals surface area contributed by atoms with Crippen molar-refractivity contribution in [3.63, 3.8) is 0 Å². The molecule has 1 aromatic rings. The largest absolute Gasteiger partial charge is 0.370 e. The summed E-state index contributed by atoms with van der Waals surface area (Å²) >= 11 is 0. The Morgan fingerprint density at radius 2 is 2.22 bits per heavy atom. The molecule has 0 spiro atoms. The van der Waals surface area contributed by atoms with Gasteiger partial charge in [0.05, 0.1) is 6.04 Å². The molecule has 1 saturated carbocycles. The second-order valence-corrected chi connectivity index (χ2v) is 4.66.